The van der Waals surface area contributed by atoms with E-state index in [2.05, 4.69) is 62.4 Å². The second kappa shape index (κ2) is 6.53. The minimum Gasteiger partial charge on any atom is -0.396 e. The van der Waals surface area contributed by atoms with Crippen molar-refractivity contribution in [2.75, 3.05) is 6.61 Å². The number of benzene rings is 2. The molecule has 19 heavy (non-hydrogen) atoms. The molecular formula is C18H22O. The molecule has 2 aromatic rings. The molecule has 0 atom stereocenters. The Balaban J connectivity index is 2.09. The van der Waals surface area contributed by atoms with Gasteiger partial charge in [-0.25, -0.2) is 0 Å². The van der Waals surface area contributed by atoms with Crippen LogP contribution in [0.2, 0.25) is 0 Å². The molecule has 2 rings (SSSR count). The molecule has 0 heterocycles. The maximum Gasteiger partial charge on any atom is 0.0465 e. The van der Waals surface area contributed by atoms with Gasteiger partial charge in [0.1, 0.15) is 0 Å². The molecule has 0 bridgehead atoms. The van der Waals surface area contributed by atoms with Crippen LogP contribution in [0.5, 0.6) is 0 Å². The van der Waals surface area contributed by atoms with Crippen molar-refractivity contribution in [3.63, 3.8) is 0 Å². The molecular weight excluding hydrogens is 232 g/mol. The summed E-state index contributed by atoms with van der Waals surface area (Å²) in [5.74, 6) is 0.294. The first-order valence-corrected chi connectivity index (χ1v) is 6.90. The number of rotatable bonds is 5. The average molecular weight is 254 g/mol. The van der Waals surface area contributed by atoms with Gasteiger partial charge in [0.15, 0.2) is 0 Å². The summed E-state index contributed by atoms with van der Waals surface area (Å²) >= 11 is 0. The van der Waals surface area contributed by atoms with E-state index < -0.39 is 0 Å². The first kappa shape index (κ1) is 13.8. The Labute approximate surface area is 115 Å². The lowest BCUT2D eigenvalue weighted by Crippen LogP contribution is -2.14. The van der Waals surface area contributed by atoms with E-state index >= 15 is 0 Å². The van der Waals surface area contributed by atoms with Gasteiger partial charge in [0.2, 0.25) is 0 Å². The third-order valence-electron chi connectivity index (χ3n) is 3.80. The summed E-state index contributed by atoms with van der Waals surface area (Å²) < 4.78 is 0. The summed E-state index contributed by atoms with van der Waals surface area (Å²) in [6, 6.07) is 16.9. The van der Waals surface area contributed by atoms with E-state index in [0.717, 1.165) is 12.8 Å². The third-order valence-corrected chi connectivity index (χ3v) is 3.80. The first-order chi connectivity index (χ1) is 9.20. The fraction of sp³-hybridized carbons (Fsp3) is 0.333. The minimum absolute atomic E-state index is 0.239. The Bertz CT molecular complexity index is 483. The van der Waals surface area contributed by atoms with Crippen LogP contribution in [0.4, 0.5) is 0 Å². The van der Waals surface area contributed by atoms with Crippen LogP contribution in [0, 0.1) is 19.8 Å². The van der Waals surface area contributed by atoms with Crippen molar-refractivity contribution in [2.24, 2.45) is 5.92 Å². The minimum atomic E-state index is 0.239. The van der Waals surface area contributed by atoms with Gasteiger partial charge >= 0.3 is 0 Å². The van der Waals surface area contributed by atoms with Crippen LogP contribution in [0.3, 0.4) is 0 Å². The topological polar surface area (TPSA) is 20.2 Å². The van der Waals surface area contributed by atoms with Gasteiger partial charge in [0.25, 0.3) is 0 Å². The van der Waals surface area contributed by atoms with Gasteiger partial charge in [0, 0.05) is 6.61 Å². The first-order valence-electron chi connectivity index (χ1n) is 6.90. The van der Waals surface area contributed by atoms with Crippen molar-refractivity contribution in [1.29, 1.82) is 0 Å². The van der Waals surface area contributed by atoms with Crippen LogP contribution >= 0.6 is 0 Å². The number of hydrogen-bond donors (Lipinski definition) is 1. The largest absolute Gasteiger partial charge is 0.396 e. The molecule has 0 aliphatic rings. The number of aliphatic hydroxyl groups excluding tert-OH is 1. The Hall–Kier alpha value is -1.60. The van der Waals surface area contributed by atoms with Crippen molar-refractivity contribution in [3.8, 4) is 0 Å². The summed E-state index contributed by atoms with van der Waals surface area (Å²) in [5.41, 5.74) is 5.31. The van der Waals surface area contributed by atoms with Crippen LogP contribution in [-0.2, 0) is 12.8 Å². The van der Waals surface area contributed by atoms with Gasteiger partial charge in [-0.05, 0) is 54.9 Å². The van der Waals surface area contributed by atoms with Crippen molar-refractivity contribution < 1.29 is 5.11 Å². The highest BCUT2D eigenvalue weighted by Crippen LogP contribution is 2.19. The predicted molar refractivity (Wildman–Crippen MR) is 80.3 cm³/mol. The van der Waals surface area contributed by atoms with Crippen LogP contribution in [0.25, 0.3) is 0 Å². The second-order valence-corrected chi connectivity index (χ2v) is 5.31. The van der Waals surface area contributed by atoms with Gasteiger partial charge < -0.3 is 5.11 Å². The molecule has 0 aliphatic carbocycles. The lowest BCUT2D eigenvalue weighted by atomic mass is 9.90. The summed E-state index contributed by atoms with van der Waals surface area (Å²) in [4.78, 5) is 0. The molecule has 0 aromatic heterocycles. The van der Waals surface area contributed by atoms with E-state index in [1.54, 1.807) is 0 Å². The smallest absolute Gasteiger partial charge is 0.0465 e. The summed E-state index contributed by atoms with van der Waals surface area (Å²) in [5, 5.41) is 9.63. The van der Waals surface area contributed by atoms with Crippen LogP contribution in [0.1, 0.15) is 22.3 Å². The normalized spacial score (nSPS) is 10.9. The van der Waals surface area contributed by atoms with Crippen LogP contribution in [-0.4, -0.2) is 11.7 Å². The molecule has 1 N–H and O–H groups in total. The SMILES string of the molecule is Cc1ccccc1CC(CO)Cc1ccccc1C. The van der Waals surface area contributed by atoms with E-state index in [0.29, 0.717) is 5.92 Å². The fourth-order valence-electron chi connectivity index (χ4n) is 2.50. The zero-order valence-electron chi connectivity index (χ0n) is 11.8. The fourth-order valence-corrected chi connectivity index (χ4v) is 2.50. The van der Waals surface area contributed by atoms with Gasteiger partial charge in [-0.1, -0.05) is 48.5 Å². The third kappa shape index (κ3) is 3.68. The van der Waals surface area contributed by atoms with E-state index in [1.807, 2.05) is 0 Å². The Kier molecular flexibility index (Phi) is 4.75. The molecule has 0 spiro atoms. The number of aliphatic hydroxyl groups is 1. The molecule has 0 fully saturated rings. The van der Waals surface area contributed by atoms with Crippen molar-refractivity contribution in [3.05, 3.63) is 70.8 Å². The predicted octanol–water partition coefficient (Wildman–Crippen LogP) is 3.70. The molecule has 0 saturated heterocycles. The summed E-state index contributed by atoms with van der Waals surface area (Å²) in [7, 11) is 0. The van der Waals surface area contributed by atoms with Crippen molar-refractivity contribution in [2.45, 2.75) is 26.7 Å². The van der Waals surface area contributed by atoms with Gasteiger partial charge in [0.05, 0.1) is 0 Å². The van der Waals surface area contributed by atoms with Crippen LogP contribution in [0.15, 0.2) is 48.5 Å². The zero-order valence-corrected chi connectivity index (χ0v) is 11.8. The highest BCUT2D eigenvalue weighted by Gasteiger charge is 2.12. The molecule has 0 unspecified atom stereocenters. The molecule has 100 valence electrons. The van der Waals surface area contributed by atoms with E-state index in [-0.39, 0.29) is 6.61 Å². The number of hydrogen-bond acceptors (Lipinski definition) is 1. The standard InChI is InChI=1S/C18H22O/c1-14-7-3-5-9-17(14)11-16(13-19)12-18-10-6-4-8-15(18)2/h3-10,16,19H,11-13H2,1-2H3. The molecule has 2 aromatic carbocycles. The zero-order chi connectivity index (χ0) is 13.7. The lowest BCUT2D eigenvalue weighted by molar-refractivity contribution is 0.224. The van der Waals surface area contributed by atoms with Gasteiger partial charge in [-0.2, -0.15) is 0 Å². The Morgan fingerprint density at radius 1 is 0.789 bits per heavy atom. The van der Waals surface area contributed by atoms with E-state index in [4.69, 9.17) is 0 Å². The summed E-state index contributed by atoms with van der Waals surface area (Å²) in [6.45, 7) is 4.51. The Morgan fingerprint density at radius 2 is 1.21 bits per heavy atom. The maximum atomic E-state index is 9.63. The van der Waals surface area contributed by atoms with E-state index in [9.17, 15) is 5.11 Å². The summed E-state index contributed by atoms with van der Waals surface area (Å²) in [6.07, 6.45) is 1.88. The highest BCUT2D eigenvalue weighted by atomic mass is 16.3. The van der Waals surface area contributed by atoms with Gasteiger partial charge in [-0.15, -0.1) is 0 Å². The highest BCUT2D eigenvalue weighted by molar-refractivity contribution is 5.28. The maximum absolute atomic E-state index is 9.63. The average Bonchev–Trinajstić information content (AvgIpc) is 2.42. The lowest BCUT2D eigenvalue weighted by Gasteiger charge is -2.17. The van der Waals surface area contributed by atoms with E-state index in [1.165, 1.54) is 22.3 Å². The Morgan fingerprint density at radius 3 is 1.58 bits per heavy atom. The molecule has 1 heteroatoms. The molecule has 0 aliphatic heterocycles. The monoisotopic (exact) mass is 254 g/mol. The van der Waals surface area contributed by atoms with Gasteiger partial charge in [-0.3, -0.25) is 0 Å². The molecule has 0 amide bonds. The molecule has 1 nitrogen and oxygen atoms in total. The van der Waals surface area contributed by atoms with Crippen LogP contribution < -0.4 is 0 Å². The molecule has 0 saturated carbocycles. The van der Waals surface area contributed by atoms with Crippen molar-refractivity contribution >= 4 is 0 Å². The quantitative estimate of drug-likeness (QED) is 0.862. The molecule has 0 radical (unpaired) electrons. The second-order valence-electron chi connectivity index (χ2n) is 5.31. The number of aryl methyl sites for hydroxylation is 2. The van der Waals surface area contributed by atoms with Crippen molar-refractivity contribution in [1.82, 2.24) is 0 Å².